The van der Waals surface area contributed by atoms with E-state index in [1.807, 2.05) is 0 Å². The SMILES string of the molecule is CC=C1C[C@@H]2[C@H](CC[C@]3(C)[C@@H](C(C)CCC(=O)OC)CC[C@@H]23)[C@@]2(C)CC[C@@H](O)C[C@@H]12. The Balaban J connectivity index is 1.55. The van der Waals surface area contributed by atoms with Crippen molar-refractivity contribution in [1.82, 2.24) is 0 Å². The van der Waals surface area contributed by atoms with E-state index in [9.17, 15) is 9.90 Å². The van der Waals surface area contributed by atoms with E-state index >= 15 is 0 Å². The maximum Gasteiger partial charge on any atom is 0.305 e. The lowest BCUT2D eigenvalue weighted by Gasteiger charge is -2.62. The molecule has 9 atom stereocenters. The second kappa shape index (κ2) is 8.26. The van der Waals surface area contributed by atoms with E-state index in [1.54, 1.807) is 5.57 Å². The third-order valence-electron chi connectivity index (χ3n) is 10.7. The van der Waals surface area contributed by atoms with E-state index in [-0.39, 0.29) is 12.1 Å². The van der Waals surface area contributed by atoms with E-state index in [4.69, 9.17) is 4.74 Å². The molecule has 0 radical (unpaired) electrons. The van der Waals surface area contributed by atoms with E-state index in [2.05, 4.69) is 33.8 Å². The Morgan fingerprint density at radius 3 is 2.57 bits per heavy atom. The fraction of sp³-hybridized carbons (Fsp3) is 0.889. The molecule has 170 valence electrons. The highest BCUT2D eigenvalue weighted by Crippen LogP contribution is 2.69. The smallest absolute Gasteiger partial charge is 0.305 e. The number of aliphatic hydroxyl groups excluding tert-OH is 1. The fourth-order valence-electron chi connectivity index (χ4n) is 9.08. The molecule has 4 aliphatic carbocycles. The fourth-order valence-corrected chi connectivity index (χ4v) is 9.08. The molecule has 0 aromatic rings. The van der Waals surface area contributed by atoms with Gasteiger partial charge in [-0.05, 0) is 111 Å². The van der Waals surface area contributed by atoms with E-state index in [0.717, 1.165) is 42.9 Å². The summed E-state index contributed by atoms with van der Waals surface area (Å²) in [7, 11) is 1.50. The summed E-state index contributed by atoms with van der Waals surface area (Å²) in [5.41, 5.74) is 2.44. The van der Waals surface area contributed by atoms with Crippen LogP contribution < -0.4 is 0 Å². The van der Waals surface area contributed by atoms with Crippen molar-refractivity contribution < 1.29 is 14.6 Å². The Morgan fingerprint density at radius 2 is 1.87 bits per heavy atom. The van der Waals surface area contributed by atoms with Crippen LogP contribution in [0.25, 0.3) is 0 Å². The van der Waals surface area contributed by atoms with Gasteiger partial charge in [0, 0.05) is 6.42 Å². The minimum atomic E-state index is -0.102. The Labute approximate surface area is 184 Å². The number of rotatable bonds is 4. The van der Waals surface area contributed by atoms with Crippen molar-refractivity contribution in [3.8, 4) is 0 Å². The minimum absolute atomic E-state index is 0.0614. The first-order chi connectivity index (χ1) is 14.2. The molecule has 0 saturated heterocycles. The average Bonchev–Trinajstić information content (AvgIpc) is 3.09. The summed E-state index contributed by atoms with van der Waals surface area (Å²) in [4.78, 5) is 11.7. The van der Waals surface area contributed by atoms with E-state index in [0.29, 0.717) is 29.1 Å². The van der Waals surface area contributed by atoms with E-state index < -0.39 is 0 Å². The lowest BCUT2D eigenvalue weighted by Crippen LogP contribution is -2.54. The lowest BCUT2D eigenvalue weighted by molar-refractivity contribution is -0.141. The topological polar surface area (TPSA) is 46.5 Å². The molecule has 0 amide bonds. The van der Waals surface area contributed by atoms with Gasteiger partial charge in [0.2, 0.25) is 0 Å². The van der Waals surface area contributed by atoms with E-state index in [1.165, 1.54) is 45.6 Å². The molecule has 4 saturated carbocycles. The van der Waals surface area contributed by atoms with Gasteiger partial charge < -0.3 is 9.84 Å². The second-order valence-electron chi connectivity index (χ2n) is 11.8. The van der Waals surface area contributed by atoms with Gasteiger partial charge in [-0.3, -0.25) is 4.79 Å². The maximum absolute atomic E-state index is 11.7. The number of hydrogen-bond acceptors (Lipinski definition) is 3. The van der Waals surface area contributed by atoms with Crippen molar-refractivity contribution in [2.24, 2.45) is 46.3 Å². The Kier molecular flexibility index (Phi) is 6.16. The van der Waals surface area contributed by atoms with Gasteiger partial charge in [-0.25, -0.2) is 0 Å². The van der Waals surface area contributed by atoms with Crippen LogP contribution in [0, 0.1) is 46.3 Å². The maximum atomic E-state index is 11.7. The lowest BCUT2D eigenvalue weighted by atomic mass is 9.43. The van der Waals surface area contributed by atoms with Gasteiger partial charge in [0.15, 0.2) is 0 Å². The first kappa shape index (κ1) is 22.4. The summed E-state index contributed by atoms with van der Waals surface area (Å²) in [6.07, 6.45) is 13.7. The van der Waals surface area contributed by atoms with Gasteiger partial charge in [-0.1, -0.05) is 32.4 Å². The second-order valence-corrected chi connectivity index (χ2v) is 11.8. The number of esters is 1. The molecule has 0 bridgehead atoms. The highest BCUT2D eigenvalue weighted by Gasteiger charge is 2.61. The third-order valence-corrected chi connectivity index (χ3v) is 10.7. The zero-order chi connectivity index (χ0) is 21.7. The van der Waals surface area contributed by atoms with Crippen LogP contribution in [0.4, 0.5) is 0 Å². The number of carbonyl (C=O) groups is 1. The van der Waals surface area contributed by atoms with Crippen LogP contribution in [0.15, 0.2) is 11.6 Å². The normalized spacial score (nSPS) is 47.9. The number of hydrogen-bond donors (Lipinski definition) is 1. The molecule has 1 unspecified atom stereocenters. The highest BCUT2D eigenvalue weighted by atomic mass is 16.5. The van der Waals surface area contributed by atoms with Crippen molar-refractivity contribution in [2.75, 3.05) is 7.11 Å². The first-order valence-corrected chi connectivity index (χ1v) is 12.6. The number of carbonyl (C=O) groups excluding carboxylic acids is 1. The number of aliphatic hydroxyl groups is 1. The zero-order valence-corrected chi connectivity index (χ0v) is 20.0. The van der Waals surface area contributed by atoms with Crippen LogP contribution in [-0.4, -0.2) is 24.3 Å². The summed E-state index contributed by atoms with van der Waals surface area (Å²) < 4.78 is 4.90. The Bertz CT molecular complexity index is 684. The predicted molar refractivity (Wildman–Crippen MR) is 121 cm³/mol. The zero-order valence-electron chi connectivity index (χ0n) is 20.0. The van der Waals surface area contributed by atoms with Crippen LogP contribution in [-0.2, 0) is 9.53 Å². The van der Waals surface area contributed by atoms with Crippen LogP contribution in [0.1, 0.15) is 91.9 Å². The molecule has 0 aliphatic heterocycles. The molecule has 0 aromatic heterocycles. The third kappa shape index (κ3) is 3.48. The van der Waals surface area contributed by atoms with Gasteiger partial charge in [-0.2, -0.15) is 0 Å². The molecule has 0 heterocycles. The van der Waals surface area contributed by atoms with Crippen molar-refractivity contribution >= 4 is 5.97 Å². The molecule has 0 aromatic carbocycles. The molecule has 4 rings (SSSR count). The molecule has 3 nitrogen and oxygen atoms in total. The summed E-state index contributed by atoms with van der Waals surface area (Å²) >= 11 is 0. The van der Waals surface area contributed by atoms with Gasteiger partial charge in [0.25, 0.3) is 0 Å². The number of allylic oxidation sites excluding steroid dienone is 2. The van der Waals surface area contributed by atoms with Crippen LogP contribution in [0.3, 0.4) is 0 Å². The molecular weight excluding hydrogens is 372 g/mol. The Morgan fingerprint density at radius 1 is 1.17 bits per heavy atom. The molecule has 4 fully saturated rings. The highest BCUT2D eigenvalue weighted by molar-refractivity contribution is 5.69. The predicted octanol–water partition coefficient (Wildman–Crippen LogP) is 6.15. The number of fused-ring (bicyclic) bond motifs is 5. The first-order valence-electron chi connectivity index (χ1n) is 12.6. The monoisotopic (exact) mass is 416 g/mol. The largest absolute Gasteiger partial charge is 0.469 e. The molecule has 0 spiro atoms. The van der Waals surface area contributed by atoms with Crippen LogP contribution in [0.2, 0.25) is 0 Å². The summed E-state index contributed by atoms with van der Waals surface area (Å²) in [6, 6.07) is 0. The standard InChI is InChI=1S/C27H44O3/c1-6-18-15-20-22-9-8-21(17(2)7-10-25(29)30-5)26(22,3)14-12-23(20)27(4)13-11-19(28)16-24(18)27/h6,17,19-24,28H,7-16H2,1-5H3/t17?,19-,20+,21-,22+,23+,24+,26-,27-/m1/s1. The summed E-state index contributed by atoms with van der Waals surface area (Å²) in [6.45, 7) is 9.77. The van der Waals surface area contributed by atoms with Crippen molar-refractivity contribution in [3.63, 3.8) is 0 Å². The van der Waals surface area contributed by atoms with Gasteiger partial charge >= 0.3 is 5.97 Å². The molecular formula is C27H44O3. The molecule has 4 aliphatic rings. The summed E-state index contributed by atoms with van der Waals surface area (Å²) in [5, 5.41) is 10.4. The molecule has 30 heavy (non-hydrogen) atoms. The van der Waals surface area contributed by atoms with Crippen LogP contribution >= 0.6 is 0 Å². The number of methoxy groups -OCH3 is 1. The Hall–Kier alpha value is -0.830. The minimum Gasteiger partial charge on any atom is -0.469 e. The van der Waals surface area contributed by atoms with Crippen molar-refractivity contribution in [1.29, 1.82) is 0 Å². The quantitative estimate of drug-likeness (QED) is 0.441. The van der Waals surface area contributed by atoms with Gasteiger partial charge in [0.1, 0.15) is 0 Å². The average molecular weight is 417 g/mol. The summed E-state index contributed by atoms with van der Waals surface area (Å²) in [5.74, 6) is 4.31. The molecule has 1 N–H and O–H groups in total. The van der Waals surface area contributed by atoms with Gasteiger partial charge in [-0.15, -0.1) is 0 Å². The molecule has 3 heteroatoms. The van der Waals surface area contributed by atoms with Crippen molar-refractivity contribution in [3.05, 3.63) is 11.6 Å². The van der Waals surface area contributed by atoms with Gasteiger partial charge in [0.05, 0.1) is 13.2 Å². The van der Waals surface area contributed by atoms with Crippen LogP contribution in [0.5, 0.6) is 0 Å². The van der Waals surface area contributed by atoms with Crippen molar-refractivity contribution in [2.45, 2.75) is 98.0 Å². The number of ether oxygens (including phenoxy) is 1.